The van der Waals surface area contributed by atoms with Crippen LogP contribution in [0.4, 0.5) is 0 Å². The monoisotopic (exact) mass is 210 g/mol. The van der Waals surface area contributed by atoms with Crippen LogP contribution >= 0.6 is 0 Å². The van der Waals surface area contributed by atoms with Crippen LogP contribution < -0.4 is 0 Å². The Labute approximate surface area is 89.5 Å². The maximum absolute atomic E-state index is 11.8. The van der Waals surface area contributed by atoms with Crippen LogP contribution in [0, 0.1) is 11.3 Å². The molecule has 0 radical (unpaired) electrons. The molecule has 3 heteroatoms. The van der Waals surface area contributed by atoms with Gasteiger partial charge in [0, 0.05) is 11.8 Å². The lowest BCUT2D eigenvalue weighted by Gasteiger charge is -2.62. The van der Waals surface area contributed by atoms with Crippen LogP contribution in [0.25, 0.3) is 0 Å². The Kier molecular flexibility index (Phi) is 1.61. The Hall–Kier alpha value is -0.410. The summed E-state index contributed by atoms with van der Waals surface area (Å²) in [6, 6.07) is 0. The van der Waals surface area contributed by atoms with E-state index in [1.54, 1.807) is 6.92 Å². The number of rotatable bonds is 1. The third-order valence-corrected chi connectivity index (χ3v) is 4.76. The van der Waals surface area contributed by atoms with Gasteiger partial charge in [-0.05, 0) is 44.9 Å². The van der Waals surface area contributed by atoms with Crippen molar-refractivity contribution < 1.29 is 15.0 Å². The van der Waals surface area contributed by atoms with E-state index in [2.05, 4.69) is 0 Å². The van der Waals surface area contributed by atoms with Gasteiger partial charge >= 0.3 is 0 Å². The highest BCUT2D eigenvalue weighted by Crippen LogP contribution is 2.63. The fraction of sp³-hybridized carbons (Fsp3) is 0.917. The second-order valence-electron chi connectivity index (χ2n) is 6.29. The van der Waals surface area contributed by atoms with Crippen molar-refractivity contribution >= 4 is 5.78 Å². The summed E-state index contributed by atoms with van der Waals surface area (Å²) in [5.74, 6) is 0.503. The normalized spacial score (nSPS) is 57.1. The lowest BCUT2D eigenvalue weighted by atomic mass is 9.45. The fourth-order valence-corrected chi connectivity index (χ4v) is 4.73. The molecule has 0 spiro atoms. The molecule has 84 valence electrons. The topological polar surface area (TPSA) is 57.5 Å². The van der Waals surface area contributed by atoms with Crippen molar-refractivity contribution in [2.75, 3.05) is 0 Å². The molecular formula is C12H18O3. The number of Topliss-reactive ketones (excluding diaryl/α,β-unsaturated/α-hetero) is 1. The van der Waals surface area contributed by atoms with Crippen LogP contribution in [-0.2, 0) is 4.79 Å². The fourth-order valence-electron chi connectivity index (χ4n) is 4.73. The van der Waals surface area contributed by atoms with Gasteiger partial charge in [-0.1, -0.05) is 0 Å². The molecule has 2 N–H and O–H groups in total. The van der Waals surface area contributed by atoms with Crippen LogP contribution in [0.2, 0.25) is 0 Å². The zero-order chi connectivity index (χ0) is 10.9. The van der Waals surface area contributed by atoms with Crippen LogP contribution in [0.3, 0.4) is 0 Å². The summed E-state index contributed by atoms with van der Waals surface area (Å²) >= 11 is 0. The van der Waals surface area contributed by atoms with Gasteiger partial charge in [0.1, 0.15) is 5.78 Å². The molecule has 15 heavy (non-hydrogen) atoms. The first-order valence-electron chi connectivity index (χ1n) is 5.81. The van der Waals surface area contributed by atoms with Gasteiger partial charge in [0.05, 0.1) is 11.2 Å². The van der Waals surface area contributed by atoms with E-state index in [4.69, 9.17) is 0 Å². The number of ketones is 1. The van der Waals surface area contributed by atoms with Crippen molar-refractivity contribution in [1.82, 2.24) is 0 Å². The molecule has 4 fully saturated rings. The molecule has 0 aromatic carbocycles. The van der Waals surface area contributed by atoms with E-state index >= 15 is 0 Å². The van der Waals surface area contributed by atoms with E-state index in [9.17, 15) is 15.0 Å². The molecule has 4 bridgehead atoms. The van der Waals surface area contributed by atoms with E-state index in [0.29, 0.717) is 25.2 Å². The van der Waals surface area contributed by atoms with E-state index in [0.717, 1.165) is 19.3 Å². The van der Waals surface area contributed by atoms with Crippen LogP contribution in [0.15, 0.2) is 0 Å². The quantitative estimate of drug-likeness (QED) is 0.679. The zero-order valence-electron chi connectivity index (χ0n) is 9.12. The first kappa shape index (κ1) is 9.79. The van der Waals surface area contributed by atoms with Gasteiger partial charge in [-0.3, -0.25) is 4.79 Å². The standard InChI is InChI=1S/C12H18O3/c1-8(13)10-2-9-3-11(14,5-10)7-12(15,4-9)6-10/h9,14-15H,2-7H2,1H3. The number of aliphatic hydroxyl groups is 2. The van der Waals surface area contributed by atoms with Gasteiger partial charge in [-0.25, -0.2) is 0 Å². The average molecular weight is 210 g/mol. The van der Waals surface area contributed by atoms with Gasteiger partial charge in [0.2, 0.25) is 0 Å². The Balaban J connectivity index is 2.05. The molecular weight excluding hydrogens is 192 g/mol. The van der Waals surface area contributed by atoms with E-state index in [-0.39, 0.29) is 5.78 Å². The summed E-state index contributed by atoms with van der Waals surface area (Å²) in [6.07, 6.45) is 4.08. The molecule has 2 unspecified atom stereocenters. The van der Waals surface area contributed by atoms with Crippen molar-refractivity contribution in [1.29, 1.82) is 0 Å². The Bertz CT molecular complexity index is 318. The molecule has 0 heterocycles. The van der Waals surface area contributed by atoms with Gasteiger partial charge < -0.3 is 10.2 Å². The predicted octanol–water partition coefficient (Wildman–Crippen LogP) is 1.02. The molecule has 0 amide bonds. The maximum Gasteiger partial charge on any atom is 0.136 e. The van der Waals surface area contributed by atoms with E-state index in [1.165, 1.54) is 0 Å². The molecule has 0 aromatic heterocycles. The Morgan fingerprint density at radius 2 is 1.60 bits per heavy atom. The van der Waals surface area contributed by atoms with Gasteiger partial charge in [-0.2, -0.15) is 0 Å². The lowest BCUT2D eigenvalue weighted by molar-refractivity contribution is -0.226. The maximum atomic E-state index is 11.8. The van der Waals surface area contributed by atoms with Crippen molar-refractivity contribution in [3.63, 3.8) is 0 Å². The molecule has 4 rings (SSSR count). The van der Waals surface area contributed by atoms with Crippen molar-refractivity contribution in [2.24, 2.45) is 11.3 Å². The Morgan fingerprint density at radius 3 is 2.00 bits per heavy atom. The van der Waals surface area contributed by atoms with Gasteiger partial charge in [0.15, 0.2) is 0 Å². The predicted molar refractivity (Wildman–Crippen MR) is 54.2 cm³/mol. The third-order valence-electron chi connectivity index (χ3n) is 4.76. The minimum atomic E-state index is -0.764. The number of carbonyl (C=O) groups excluding carboxylic acids is 1. The number of hydrogen-bond donors (Lipinski definition) is 2. The number of carbonyl (C=O) groups is 1. The highest BCUT2D eigenvalue weighted by molar-refractivity contribution is 5.83. The van der Waals surface area contributed by atoms with Crippen LogP contribution in [0.1, 0.15) is 45.4 Å². The highest BCUT2D eigenvalue weighted by Gasteiger charge is 2.64. The SMILES string of the molecule is CC(=O)C12CC3CC(O)(CC(O)(C3)C1)C2. The zero-order valence-corrected chi connectivity index (χ0v) is 9.12. The summed E-state index contributed by atoms with van der Waals surface area (Å²) in [7, 11) is 0. The highest BCUT2D eigenvalue weighted by atomic mass is 16.3. The smallest absolute Gasteiger partial charge is 0.136 e. The average Bonchev–Trinajstić information content (AvgIpc) is 1.95. The van der Waals surface area contributed by atoms with Crippen LogP contribution in [0.5, 0.6) is 0 Å². The van der Waals surface area contributed by atoms with Crippen molar-refractivity contribution in [2.45, 2.75) is 56.7 Å². The molecule has 3 nitrogen and oxygen atoms in total. The summed E-state index contributed by atoms with van der Waals surface area (Å²) < 4.78 is 0. The largest absolute Gasteiger partial charge is 0.390 e. The molecule has 4 saturated carbocycles. The summed E-state index contributed by atoms with van der Waals surface area (Å²) in [6.45, 7) is 1.61. The molecule has 0 aromatic rings. The summed E-state index contributed by atoms with van der Waals surface area (Å²) in [5.41, 5.74) is -1.94. The molecule has 4 aliphatic rings. The van der Waals surface area contributed by atoms with Gasteiger partial charge in [0.25, 0.3) is 0 Å². The van der Waals surface area contributed by atoms with Crippen molar-refractivity contribution in [3.05, 3.63) is 0 Å². The first-order chi connectivity index (χ1) is 6.85. The molecule has 0 aliphatic heterocycles. The molecule has 0 saturated heterocycles. The Morgan fingerprint density at radius 1 is 1.07 bits per heavy atom. The molecule has 4 aliphatic carbocycles. The van der Waals surface area contributed by atoms with E-state index < -0.39 is 16.6 Å². The van der Waals surface area contributed by atoms with Crippen molar-refractivity contribution in [3.8, 4) is 0 Å². The second kappa shape index (κ2) is 2.46. The molecule has 2 atom stereocenters. The minimum absolute atomic E-state index is 0.156. The lowest BCUT2D eigenvalue weighted by Crippen LogP contribution is -2.64. The second-order valence-corrected chi connectivity index (χ2v) is 6.29. The van der Waals surface area contributed by atoms with Gasteiger partial charge in [-0.15, -0.1) is 0 Å². The summed E-state index contributed by atoms with van der Waals surface area (Å²) in [5, 5.41) is 20.7. The minimum Gasteiger partial charge on any atom is -0.390 e. The first-order valence-corrected chi connectivity index (χ1v) is 5.81. The van der Waals surface area contributed by atoms with Crippen LogP contribution in [-0.4, -0.2) is 27.2 Å². The summed E-state index contributed by atoms with van der Waals surface area (Å²) in [4.78, 5) is 11.8. The third kappa shape index (κ3) is 1.23. The number of hydrogen-bond acceptors (Lipinski definition) is 3. The van der Waals surface area contributed by atoms with E-state index in [1.807, 2.05) is 0 Å².